The van der Waals surface area contributed by atoms with Gasteiger partial charge in [-0.1, -0.05) is 11.6 Å². The zero-order chi connectivity index (χ0) is 14.7. The van der Waals surface area contributed by atoms with Crippen molar-refractivity contribution in [2.75, 3.05) is 0 Å². The number of benzene rings is 1. The average Bonchev–Trinajstić information content (AvgIpc) is 2.41. The van der Waals surface area contributed by atoms with E-state index in [0.717, 1.165) is 0 Å². The number of rotatable bonds is 4. The van der Waals surface area contributed by atoms with Gasteiger partial charge in [0, 0.05) is 24.4 Å². The Morgan fingerprint density at radius 2 is 2.15 bits per heavy atom. The Balaban J connectivity index is 2.26. The standard InChI is InChI=1S/C13H11ClN2O4/c1-8(17)9-4-5-15-13(6-9)20-12-3-2-10(16(18)19)7-11(12)14/h2-8,17H,1H3. The van der Waals surface area contributed by atoms with Crippen LogP contribution in [0, 0.1) is 10.1 Å². The average molecular weight is 295 g/mol. The number of aromatic nitrogens is 1. The van der Waals surface area contributed by atoms with Gasteiger partial charge in [0.05, 0.1) is 16.0 Å². The van der Waals surface area contributed by atoms with E-state index in [1.807, 2.05) is 0 Å². The van der Waals surface area contributed by atoms with Crippen LogP contribution in [0.1, 0.15) is 18.6 Å². The summed E-state index contributed by atoms with van der Waals surface area (Å²) in [7, 11) is 0. The summed E-state index contributed by atoms with van der Waals surface area (Å²) < 4.78 is 5.46. The second-order valence-corrected chi connectivity index (χ2v) is 4.48. The number of ether oxygens (including phenoxy) is 1. The van der Waals surface area contributed by atoms with Gasteiger partial charge in [-0.15, -0.1) is 0 Å². The number of non-ortho nitro benzene ring substituents is 1. The van der Waals surface area contributed by atoms with Crippen LogP contribution < -0.4 is 4.74 Å². The Morgan fingerprint density at radius 3 is 2.75 bits per heavy atom. The Bertz CT molecular complexity index is 646. The third-order valence-corrected chi connectivity index (χ3v) is 2.88. The van der Waals surface area contributed by atoms with Crippen molar-refractivity contribution >= 4 is 17.3 Å². The minimum Gasteiger partial charge on any atom is -0.437 e. The van der Waals surface area contributed by atoms with Crippen molar-refractivity contribution in [3.63, 3.8) is 0 Å². The molecule has 1 aromatic heterocycles. The molecule has 0 aliphatic heterocycles. The molecule has 1 atom stereocenters. The maximum atomic E-state index is 10.6. The Labute approximate surface area is 119 Å². The fourth-order valence-electron chi connectivity index (χ4n) is 1.54. The van der Waals surface area contributed by atoms with E-state index < -0.39 is 11.0 Å². The molecule has 1 heterocycles. The van der Waals surface area contributed by atoms with Crippen molar-refractivity contribution in [1.82, 2.24) is 4.98 Å². The molecular formula is C13H11ClN2O4. The van der Waals surface area contributed by atoms with Crippen LogP contribution in [0.2, 0.25) is 5.02 Å². The lowest BCUT2D eigenvalue weighted by atomic mass is 10.2. The first-order valence-electron chi connectivity index (χ1n) is 5.73. The highest BCUT2D eigenvalue weighted by Crippen LogP contribution is 2.32. The summed E-state index contributed by atoms with van der Waals surface area (Å²) in [4.78, 5) is 14.1. The van der Waals surface area contributed by atoms with E-state index in [1.165, 1.54) is 24.4 Å². The van der Waals surface area contributed by atoms with E-state index in [2.05, 4.69) is 4.98 Å². The first-order chi connectivity index (χ1) is 9.47. The van der Waals surface area contributed by atoms with Crippen LogP contribution in [0.5, 0.6) is 11.6 Å². The van der Waals surface area contributed by atoms with E-state index in [4.69, 9.17) is 16.3 Å². The van der Waals surface area contributed by atoms with Gasteiger partial charge in [-0.05, 0) is 24.6 Å². The van der Waals surface area contributed by atoms with E-state index in [0.29, 0.717) is 5.56 Å². The molecule has 6 nitrogen and oxygen atoms in total. The maximum absolute atomic E-state index is 10.6. The summed E-state index contributed by atoms with van der Waals surface area (Å²) in [6, 6.07) is 7.13. The SMILES string of the molecule is CC(O)c1ccnc(Oc2ccc([N+](=O)[O-])cc2Cl)c1. The molecule has 20 heavy (non-hydrogen) atoms. The molecule has 0 saturated carbocycles. The number of aliphatic hydroxyl groups excluding tert-OH is 1. The quantitative estimate of drug-likeness (QED) is 0.689. The van der Waals surface area contributed by atoms with Crippen LogP contribution in [0.4, 0.5) is 5.69 Å². The van der Waals surface area contributed by atoms with Crippen molar-refractivity contribution in [3.05, 3.63) is 57.2 Å². The fraction of sp³-hybridized carbons (Fsp3) is 0.154. The first kappa shape index (κ1) is 14.2. The van der Waals surface area contributed by atoms with Gasteiger partial charge in [-0.2, -0.15) is 0 Å². The first-order valence-corrected chi connectivity index (χ1v) is 6.11. The maximum Gasteiger partial charge on any atom is 0.271 e. The van der Waals surface area contributed by atoms with Gasteiger partial charge in [0.25, 0.3) is 5.69 Å². The van der Waals surface area contributed by atoms with Gasteiger partial charge in [-0.25, -0.2) is 4.98 Å². The molecular weight excluding hydrogens is 284 g/mol. The third-order valence-electron chi connectivity index (χ3n) is 2.58. The van der Waals surface area contributed by atoms with Gasteiger partial charge in [0.15, 0.2) is 0 Å². The summed E-state index contributed by atoms with van der Waals surface area (Å²) in [6.07, 6.45) is 0.851. The van der Waals surface area contributed by atoms with Crippen molar-refractivity contribution in [2.24, 2.45) is 0 Å². The summed E-state index contributed by atoms with van der Waals surface area (Å²) in [5.41, 5.74) is 0.529. The van der Waals surface area contributed by atoms with Gasteiger partial charge in [-0.3, -0.25) is 10.1 Å². The molecule has 1 aromatic carbocycles. The molecule has 0 bridgehead atoms. The van der Waals surface area contributed by atoms with Crippen LogP contribution in [-0.2, 0) is 0 Å². The molecule has 104 valence electrons. The molecule has 0 aliphatic rings. The van der Waals surface area contributed by atoms with Gasteiger partial charge >= 0.3 is 0 Å². The number of nitro groups is 1. The van der Waals surface area contributed by atoms with Crippen molar-refractivity contribution in [3.8, 4) is 11.6 Å². The number of aliphatic hydroxyl groups is 1. The minimum absolute atomic E-state index is 0.114. The monoisotopic (exact) mass is 294 g/mol. The van der Waals surface area contributed by atoms with Crippen molar-refractivity contribution in [2.45, 2.75) is 13.0 Å². The van der Waals surface area contributed by atoms with E-state index in [1.54, 1.807) is 19.1 Å². The Hall–Kier alpha value is -2.18. The predicted octanol–water partition coefficient (Wildman–Crippen LogP) is 3.49. The third kappa shape index (κ3) is 3.23. The lowest BCUT2D eigenvalue weighted by molar-refractivity contribution is -0.384. The molecule has 1 unspecified atom stereocenters. The summed E-state index contributed by atoms with van der Waals surface area (Å²) in [5, 5.41) is 20.2. The summed E-state index contributed by atoms with van der Waals surface area (Å²) in [5.74, 6) is 0.506. The normalized spacial score (nSPS) is 11.9. The highest BCUT2D eigenvalue weighted by atomic mass is 35.5. The van der Waals surface area contributed by atoms with E-state index in [9.17, 15) is 15.2 Å². The molecule has 2 rings (SSSR count). The van der Waals surface area contributed by atoms with Crippen LogP contribution in [0.15, 0.2) is 36.5 Å². The topological polar surface area (TPSA) is 85.5 Å². The molecule has 0 radical (unpaired) electrons. The van der Waals surface area contributed by atoms with E-state index >= 15 is 0 Å². The lowest BCUT2D eigenvalue weighted by Crippen LogP contribution is -1.95. The van der Waals surface area contributed by atoms with Crippen molar-refractivity contribution in [1.29, 1.82) is 0 Å². The van der Waals surface area contributed by atoms with Gasteiger partial charge in [0.2, 0.25) is 5.88 Å². The van der Waals surface area contributed by atoms with Crippen LogP contribution in [0.25, 0.3) is 0 Å². The highest BCUT2D eigenvalue weighted by Gasteiger charge is 2.12. The Kier molecular flexibility index (Phi) is 4.16. The number of hydrogen-bond donors (Lipinski definition) is 1. The second-order valence-electron chi connectivity index (χ2n) is 4.08. The fourth-order valence-corrected chi connectivity index (χ4v) is 1.75. The number of pyridine rings is 1. The van der Waals surface area contributed by atoms with Gasteiger partial charge < -0.3 is 9.84 Å². The molecule has 0 spiro atoms. The van der Waals surface area contributed by atoms with Crippen LogP contribution in [0.3, 0.4) is 0 Å². The Morgan fingerprint density at radius 1 is 1.40 bits per heavy atom. The molecule has 0 saturated heterocycles. The molecule has 0 aliphatic carbocycles. The number of nitrogens with zero attached hydrogens (tertiary/aromatic N) is 2. The zero-order valence-electron chi connectivity index (χ0n) is 10.5. The molecule has 1 N–H and O–H groups in total. The minimum atomic E-state index is -0.646. The summed E-state index contributed by atoms with van der Waals surface area (Å²) >= 11 is 5.92. The second kappa shape index (κ2) is 5.85. The summed E-state index contributed by atoms with van der Waals surface area (Å²) in [6.45, 7) is 1.62. The van der Waals surface area contributed by atoms with Crippen LogP contribution in [-0.4, -0.2) is 15.0 Å². The smallest absolute Gasteiger partial charge is 0.271 e. The lowest BCUT2D eigenvalue weighted by Gasteiger charge is -2.09. The predicted molar refractivity (Wildman–Crippen MR) is 73.1 cm³/mol. The number of hydrogen-bond acceptors (Lipinski definition) is 5. The number of nitro benzene ring substituents is 1. The molecule has 2 aromatic rings. The van der Waals surface area contributed by atoms with Crippen LogP contribution >= 0.6 is 11.6 Å². The van der Waals surface area contributed by atoms with E-state index in [-0.39, 0.29) is 22.3 Å². The zero-order valence-corrected chi connectivity index (χ0v) is 11.2. The van der Waals surface area contributed by atoms with Gasteiger partial charge in [0.1, 0.15) is 5.75 Å². The molecule has 7 heteroatoms. The molecule has 0 amide bonds. The molecule has 0 fully saturated rings. The largest absolute Gasteiger partial charge is 0.437 e. The number of halogens is 1. The highest BCUT2D eigenvalue weighted by molar-refractivity contribution is 6.32. The van der Waals surface area contributed by atoms with Crippen molar-refractivity contribution < 1.29 is 14.8 Å².